The van der Waals surface area contributed by atoms with Crippen LogP contribution < -0.4 is 0 Å². The van der Waals surface area contributed by atoms with Crippen LogP contribution in [-0.2, 0) is 6.42 Å². The zero-order valence-corrected chi connectivity index (χ0v) is 13.1. The lowest BCUT2D eigenvalue weighted by Gasteiger charge is -2.07. The Balaban J connectivity index is 0.000000861. The van der Waals surface area contributed by atoms with Crippen LogP contribution in [-0.4, -0.2) is 9.38 Å². The van der Waals surface area contributed by atoms with Crippen LogP contribution in [0.25, 0.3) is 11.7 Å². The molecule has 0 aromatic carbocycles. The van der Waals surface area contributed by atoms with Crippen LogP contribution >= 0.6 is 0 Å². The van der Waals surface area contributed by atoms with Gasteiger partial charge in [-0.25, -0.2) is 4.98 Å². The average Bonchev–Trinajstić information content (AvgIpc) is 2.77. The number of allylic oxidation sites excluding steroid dienone is 1. The molecule has 2 heteroatoms. The highest BCUT2D eigenvalue weighted by Gasteiger charge is 2.09. The van der Waals surface area contributed by atoms with Gasteiger partial charge in [-0.3, -0.25) is 0 Å². The molecule has 2 aromatic rings. The zero-order valence-electron chi connectivity index (χ0n) is 13.1. The smallest absolute Gasteiger partial charge is 0.137 e. The van der Waals surface area contributed by atoms with E-state index in [0.29, 0.717) is 5.92 Å². The standard InChI is InChI=1S/C15H20N2.C2H6/c1-5-7-13-14(6-2)17-10-12(11(3)4)8-9-15(17)16-13;1-2/h5,7-11H,6H2,1-4H3;1-2H3/b7-5-;. The minimum absolute atomic E-state index is 0.552. The molecule has 0 aliphatic rings. The van der Waals surface area contributed by atoms with Crippen molar-refractivity contribution in [1.29, 1.82) is 0 Å². The first-order valence-electron chi connectivity index (χ1n) is 7.31. The molecule has 0 amide bonds. The number of pyridine rings is 1. The van der Waals surface area contributed by atoms with E-state index >= 15 is 0 Å². The molecule has 0 radical (unpaired) electrons. The van der Waals surface area contributed by atoms with Crippen molar-refractivity contribution < 1.29 is 0 Å². The van der Waals surface area contributed by atoms with E-state index in [1.54, 1.807) is 0 Å². The zero-order chi connectivity index (χ0) is 14.4. The molecule has 0 bridgehead atoms. The molecule has 2 aromatic heterocycles. The number of aromatic nitrogens is 2. The van der Waals surface area contributed by atoms with Crippen LogP contribution in [0.15, 0.2) is 24.4 Å². The van der Waals surface area contributed by atoms with Gasteiger partial charge in [-0.05, 0) is 37.0 Å². The minimum Gasteiger partial charge on any atom is -0.303 e. The number of aryl methyl sites for hydroxylation is 1. The van der Waals surface area contributed by atoms with Crippen molar-refractivity contribution in [2.75, 3.05) is 0 Å². The molecule has 0 N–H and O–H groups in total. The van der Waals surface area contributed by atoms with Gasteiger partial charge in [0.05, 0.1) is 5.69 Å². The van der Waals surface area contributed by atoms with Gasteiger partial charge in [-0.2, -0.15) is 0 Å². The summed E-state index contributed by atoms with van der Waals surface area (Å²) in [6.07, 6.45) is 7.35. The number of rotatable bonds is 3. The third-order valence-corrected chi connectivity index (χ3v) is 3.10. The summed E-state index contributed by atoms with van der Waals surface area (Å²) >= 11 is 0. The molecule has 0 atom stereocenters. The average molecular weight is 258 g/mol. The highest BCUT2D eigenvalue weighted by Crippen LogP contribution is 2.20. The third kappa shape index (κ3) is 3.25. The summed E-state index contributed by atoms with van der Waals surface area (Å²) in [6, 6.07) is 4.29. The Hall–Kier alpha value is -1.57. The third-order valence-electron chi connectivity index (χ3n) is 3.10. The SMILES string of the molecule is C/C=C\c1nc2ccc(C(C)C)cn2c1CC.CC. The lowest BCUT2D eigenvalue weighted by molar-refractivity contribution is 0.847. The monoisotopic (exact) mass is 258 g/mol. The Morgan fingerprint density at radius 3 is 2.47 bits per heavy atom. The van der Waals surface area contributed by atoms with E-state index in [4.69, 9.17) is 0 Å². The topological polar surface area (TPSA) is 17.3 Å². The van der Waals surface area contributed by atoms with Crippen LogP contribution in [0.2, 0.25) is 0 Å². The van der Waals surface area contributed by atoms with Gasteiger partial charge in [0.1, 0.15) is 5.65 Å². The Bertz CT molecular complexity index is 548. The molecule has 104 valence electrons. The normalized spacial score (nSPS) is 11.1. The van der Waals surface area contributed by atoms with Crippen LogP contribution in [0.5, 0.6) is 0 Å². The first kappa shape index (κ1) is 15.5. The van der Waals surface area contributed by atoms with Gasteiger partial charge < -0.3 is 4.40 Å². The number of hydrogen-bond donors (Lipinski definition) is 0. The van der Waals surface area contributed by atoms with Crippen LogP contribution in [0, 0.1) is 0 Å². The first-order valence-corrected chi connectivity index (χ1v) is 7.31. The second kappa shape index (κ2) is 7.13. The van der Waals surface area contributed by atoms with E-state index in [9.17, 15) is 0 Å². The number of fused-ring (bicyclic) bond motifs is 1. The summed E-state index contributed by atoms with van der Waals surface area (Å²) in [5.74, 6) is 0.552. The van der Waals surface area contributed by atoms with E-state index in [1.807, 2.05) is 26.8 Å². The molecule has 0 aliphatic heterocycles. The maximum Gasteiger partial charge on any atom is 0.137 e. The molecule has 2 heterocycles. The minimum atomic E-state index is 0.552. The summed E-state index contributed by atoms with van der Waals surface area (Å²) < 4.78 is 2.23. The van der Waals surface area contributed by atoms with E-state index < -0.39 is 0 Å². The number of hydrogen-bond acceptors (Lipinski definition) is 1. The Morgan fingerprint density at radius 2 is 1.95 bits per heavy atom. The Morgan fingerprint density at radius 1 is 1.26 bits per heavy atom. The second-order valence-electron chi connectivity index (χ2n) is 4.64. The maximum absolute atomic E-state index is 4.65. The Kier molecular flexibility index (Phi) is 5.81. The summed E-state index contributed by atoms with van der Waals surface area (Å²) in [4.78, 5) is 4.65. The number of imidazole rings is 1. The fraction of sp³-hybridized carbons (Fsp3) is 0.471. The van der Waals surface area contributed by atoms with Gasteiger partial charge >= 0.3 is 0 Å². The molecular formula is C17H26N2. The fourth-order valence-electron chi connectivity index (χ4n) is 2.11. The van der Waals surface area contributed by atoms with E-state index in [1.165, 1.54) is 11.3 Å². The predicted molar refractivity (Wildman–Crippen MR) is 84.7 cm³/mol. The van der Waals surface area contributed by atoms with Crippen molar-refractivity contribution in [1.82, 2.24) is 9.38 Å². The molecule has 2 nitrogen and oxygen atoms in total. The molecule has 0 aliphatic carbocycles. The molecule has 2 rings (SSSR count). The predicted octanol–water partition coefficient (Wildman–Crippen LogP) is 5.08. The van der Waals surface area contributed by atoms with Gasteiger partial charge in [0.2, 0.25) is 0 Å². The molecule has 0 unspecified atom stereocenters. The summed E-state index contributed by atoms with van der Waals surface area (Å²) in [5, 5.41) is 0. The van der Waals surface area contributed by atoms with Crippen LogP contribution in [0.4, 0.5) is 0 Å². The van der Waals surface area contributed by atoms with E-state index in [-0.39, 0.29) is 0 Å². The van der Waals surface area contributed by atoms with Gasteiger partial charge in [0, 0.05) is 11.9 Å². The van der Waals surface area contributed by atoms with Crippen molar-refractivity contribution in [3.8, 4) is 0 Å². The van der Waals surface area contributed by atoms with Gasteiger partial charge in [-0.15, -0.1) is 0 Å². The Labute approximate surface area is 117 Å². The molecule has 0 spiro atoms. The highest BCUT2D eigenvalue weighted by atomic mass is 15.0. The highest BCUT2D eigenvalue weighted by molar-refractivity contribution is 5.56. The number of nitrogens with zero attached hydrogens (tertiary/aromatic N) is 2. The molecule has 0 saturated heterocycles. The maximum atomic E-state index is 4.65. The largest absolute Gasteiger partial charge is 0.303 e. The van der Waals surface area contributed by atoms with Crippen LogP contribution in [0.1, 0.15) is 64.4 Å². The van der Waals surface area contributed by atoms with Crippen molar-refractivity contribution >= 4 is 11.7 Å². The van der Waals surface area contributed by atoms with Crippen molar-refractivity contribution in [3.63, 3.8) is 0 Å². The first-order chi connectivity index (χ1) is 9.17. The lowest BCUT2D eigenvalue weighted by Crippen LogP contribution is -1.96. The quantitative estimate of drug-likeness (QED) is 0.750. The summed E-state index contributed by atoms with van der Waals surface area (Å²) in [7, 11) is 0. The van der Waals surface area contributed by atoms with Gasteiger partial charge in [0.25, 0.3) is 0 Å². The van der Waals surface area contributed by atoms with Gasteiger partial charge in [-0.1, -0.05) is 46.8 Å². The summed E-state index contributed by atoms with van der Waals surface area (Å²) in [5.41, 5.74) is 4.78. The summed E-state index contributed by atoms with van der Waals surface area (Å²) in [6.45, 7) is 12.6. The fourth-order valence-corrected chi connectivity index (χ4v) is 2.11. The molecule has 0 saturated carbocycles. The second-order valence-corrected chi connectivity index (χ2v) is 4.64. The molecule has 19 heavy (non-hydrogen) atoms. The van der Waals surface area contributed by atoms with Crippen molar-refractivity contribution in [2.24, 2.45) is 0 Å². The van der Waals surface area contributed by atoms with Crippen LogP contribution in [0.3, 0.4) is 0 Å². The van der Waals surface area contributed by atoms with E-state index in [2.05, 4.69) is 54.6 Å². The van der Waals surface area contributed by atoms with Crippen molar-refractivity contribution in [2.45, 2.75) is 53.9 Å². The van der Waals surface area contributed by atoms with Gasteiger partial charge in [0.15, 0.2) is 0 Å². The molecule has 0 fully saturated rings. The molecular weight excluding hydrogens is 232 g/mol. The van der Waals surface area contributed by atoms with Crippen molar-refractivity contribution in [3.05, 3.63) is 41.4 Å². The lowest BCUT2D eigenvalue weighted by atomic mass is 10.1. The van der Waals surface area contributed by atoms with E-state index in [0.717, 1.165) is 17.8 Å².